The highest BCUT2D eigenvalue weighted by molar-refractivity contribution is 5.85. The van der Waals surface area contributed by atoms with E-state index >= 15 is 0 Å². The van der Waals surface area contributed by atoms with E-state index in [4.69, 9.17) is 5.73 Å². The third kappa shape index (κ3) is 3.60. The second kappa shape index (κ2) is 7.92. The Morgan fingerprint density at radius 2 is 2.14 bits per heavy atom. The first-order valence-corrected chi connectivity index (χ1v) is 7.94. The van der Waals surface area contributed by atoms with Crippen LogP contribution in [0.4, 0.5) is 0 Å². The van der Waals surface area contributed by atoms with Crippen LogP contribution in [0.3, 0.4) is 0 Å². The number of nitrogens with one attached hydrogen (secondary N) is 1. The molecular formula is C15H28ClN5O. The molecule has 1 fully saturated rings. The maximum Gasteiger partial charge on any atom is 0.230 e. The molecule has 0 bridgehead atoms. The molecule has 126 valence electrons. The Morgan fingerprint density at radius 1 is 1.45 bits per heavy atom. The van der Waals surface area contributed by atoms with Crippen LogP contribution in [-0.2, 0) is 4.79 Å². The Labute approximate surface area is 138 Å². The van der Waals surface area contributed by atoms with Crippen LogP contribution in [0.2, 0.25) is 0 Å². The number of aromatic amines is 1. The van der Waals surface area contributed by atoms with Crippen LogP contribution < -0.4 is 5.73 Å². The zero-order valence-electron chi connectivity index (χ0n) is 13.8. The lowest BCUT2D eigenvalue weighted by Gasteiger charge is -2.39. The molecule has 1 aromatic rings. The lowest BCUT2D eigenvalue weighted by molar-refractivity contribution is -0.143. The van der Waals surface area contributed by atoms with Gasteiger partial charge in [0.1, 0.15) is 5.82 Å². The lowest BCUT2D eigenvalue weighted by Crippen LogP contribution is -2.50. The average Bonchev–Trinajstić information content (AvgIpc) is 2.96. The van der Waals surface area contributed by atoms with Gasteiger partial charge in [0, 0.05) is 25.6 Å². The molecule has 1 atom stereocenters. The number of amides is 1. The standard InChI is InChI=1S/C15H27N5O.ClH/c1-4-15(5-2,10-16)14(21)20-8-6-7-12(9-20)13-17-11(3)18-19-13;/h12H,4-10,16H2,1-3H3,(H,17,18,19);1H. The second-order valence-electron chi connectivity index (χ2n) is 6.06. The summed E-state index contributed by atoms with van der Waals surface area (Å²) in [4.78, 5) is 19.3. The Hall–Kier alpha value is -1.14. The quantitative estimate of drug-likeness (QED) is 0.865. The Balaban J connectivity index is 0.00000242. The minimum atomic E-state index is -0.406. The number of carbonyl (C=O) groups is 1. The fourth-order valence-electron chi connectivity index (χ4n) is 3.18. The molecule has 3 N–H and O–H groups in total. The third-order valence-corrected chi connectivity index (χ3v) is 4.89. The second-order valence-corrected chi connectivity index (χ2v) is 6.06. The van der Waals surface area contributed by atoms with Crippen molar-refractivity contribution in [2.75, 3.05) is 19.6 Å². The van der Waals surface area contributed by atoms with Crippen molar-refractivity contribution < 1.29 is 4.79 Å². The van der Waals surface area contributed by atoms with Gasteiger partial charge in [0.2, 0.25) is 5.91 Å². The van der Waals surface area contributed by atoms with Crippen LogP contribution in [0, 0.1) is 12.3 Å². The molecule has 2 heterocycles. The zero-order valence-corrected chi connectivity index (χ0v) is 14.6. The van der Waals surface area contributed by atoms with Gasteiger partial charge in [-0.1, -0.05) is 13.8 Å². The Kier molecular flexibility index (Phi) is 6.81. The van der Waals surface area contributed by atoms with Gasteiger partial charge in [-0.05, 0) is 32.6 Å². The number of H-pyrrole nitrogens is 1. The number of halogens is 1. The summed E-state index contributed by atoms with van der Waals surface area (Å²) in [5.41, 5.74) is 5.50. The van der Waals surface area contributed by atoms with Crippen molar-refractivity contribution in [2.45, 2.75) is 52.4 Å². The molecule has 1 aliphatic heterocycles. The first kappa shape index (κ1) is 18.9. The van der Waals surface area contributed by atoms with Crippen LogP contribution in [-0.4, -0.2) is 45.6 Å². The normalized spacial score (nSPS) is 18.9. The van der Waals surface area contributed by atoms with Crippen molar-refractivity contribution in [3.8, 4) is 0 Å². The van der Waals surface area contributed by atoms with Crippen LogP contribution in [0.1, 0.15) is 57.1 Å². The summed E-state index contributed by atoms with van der Waals surface area (Å²) < 4.78 is 0. The van der Waals surface area contributed by atoms with Gasteiger partial charge in [-0.3, -0.25) is 9.89 Å². The molecule has 22 heavy (non-hydrogen) atoms. The van der Waals surface area contributed by atoms with E-state index in [1.54, 1.807) is 0 Å². The number of aromatic nitrogens is 3. The van der Waals surface area contributed by atoms with Gasteiger partial charge in [-0.15, -0.1) is 12.4 Å². The number of hydrogen-bond donors (Lipinski definition) is 2. The molecule has 0 saturated carbocycles. The predicted molar refractivity (Wildman–Crippen MR) is 89.0 cm³/mol. The molecule has 0 aliphatic carbocycles. The molecule has 1 saturated heterocycles. The van der Waals surface area contributed by atoms with E-state index in [0.29, 0.717) is 13.1 Å². The molecule has 1 aromatic heterocycles. The maximum atomic E-state index is 12.9. The topological polar surface area (TPSA) is 87.9 Å². The molecule has 1 amide bonds. The van der Waals surface area contributed by atoms with Gasteiger partial charge in [-0.2, -0.15) is 5.10 Å². The van der Waals surface area contributed by atoms with Gasteiger partial charge in [0.15, 0.2) is 5.82 Å². The lowest BCUT2D eigenvalue weighted by atomic mass is 9.80. The predicted octanol–water partition coefficient (Wildman–Crippen LogP) is 2.01. The molecular weight excluding hydrogens is 302 g/mol. The third-order valence-electron chi connectivity index (χ3n) is 4.89. The van der Waals surface area contributed by atoms with Gasteiger partial charge < -0.3 is 10.6 Å². The van der Waals surface area contributed by atoms with E-state index < -0.39 is 5.41 Å². The molecule has 1 aliphatic rings. The minimum absolute atomic E-state index is 0. The van der Waals surface area contributed by atoms with Crippen molar-refractivity contribution in [1.29, 1.82) is 0 Å². The molecule has 7 heteroatoms. The smallest absolute Gasteiger partial charge is 0.230 e. The number of carbonyl (C=O) groups excluding carboxylic acids is 1. The number of aryl methyl sites for hydroxylation is 1. The van der Waals surface area contributed by atoms with Crippen LogP contribution in [0.25, 0.3) is 0 Å². The van der Waals surface area contributed by atoms with Gasteiger partial charge in [0.05, 0.1) is 5.41 Å². The minimum Gasteiger partial charge on any atom is -0.341 e. The van der Waals surface area contributed by atoms with Crippen LogP contribution in [0.15, 0.2) is 0 Å². The monoisotopic (exact) mass is 329 g/mol. The van der Waals surface area contributed by atoms with Gasteiger partial charge in [-0.25, -0.2) is 4.98 Å². The number of nitrogens with two attached hydrogens (primary N) is 1. The molecule has 0 radical (unpaired) electrons. The van der Waals surface area contributed by atoms with E-state index in [2.05, 4.69) is 15.2 Å². The SMILES string of the molecule is CCC(CC)(CN)C(=O)N1CCCC(c2n[nH]c(C)n2)C1.Cl. The zero-order chi connectivity index (χ0) is 15.5. The number of nitrogens with zero attached hydrogens (tertiary/aromatic N) is 3. The number of rotatable bonds is 5. The summed E-state index contributed by atoms with van der Waals surface area (Å²) in [6, 6.07) is 0. The summed E-state index contributed by atoms with van der Waals surface area (Å²) >= 11 is 0. The van der Waals surface area contributed by atoms with E-state index in [1.807, 2.05) is 25.7 Å². The molecule has 0 spiro atoms. The number of likely N-dealkylation sites (tertiary alicyclic amines) is 1. The highest BCUT2D eigenvalue weighted by atomic mass is 35.5. The van der Waals surface area contributed by atoms with Gasteiger partial charge >= 0.3 is 0 Å². The van der Waals surface area contributed by atoms with Crippen molar-refractivity contribution in [3.05, 3.63) is 11.6 Å². The summed E-state index contributed by atoms with van der Waals surface area (Å²) in [6.07, 6.45) is 3.62. The first-order chi connectivity index (χ1) is 10.1. The largest absolute Gasteiger partial charge is 0.341 e. The molecule has 2 rings (SSSR count). The highest BCUT2D eigenvalue weighted by Crippen LogP contribution is 2.32. The van der Waals surface area contributed by atoms with E-state index in [1.165, 1.54) is 0 Å². The fourth-order valence-corrected chi connectivity index (χ4v) is 3.18. The van der Waals surface area contributed by atoms with E-state index in [0.717, 1.165) is 43.9 Å². The summed E-state index contributed by atoms with van der Waals surface area (Å²) in [7, 11) is 0. The van der Waals surface area contributed by atoms with Crippen LogP contribution in [0.5, 0.6) is 0 Å². The van der Waals surface area contributed by atoms with Crippen molar-refractivity contribution in [2.24, 2.45) is 11.1 Å². The summed E-state index contributed by atoms with van der Waals surface area (Å²) in [6.45, 7) is 7.94. The molecule has 1 unspecified atom stereocenters. The Bertz CT molecular complexity index is 478. The van der Waals surface area contributed by atoms with E-state index in [9.17, 15) is 4.79 Å². The van der Waals surface area contributed by atoms with Crippen LogP contribution >= 0.6 is 12.4 Å². The van der Waals surface area contributed by atoms with Gasteiger partial charge in [0.25, 0.3) is 0 Å². The van der Waals surface area contributed by atoms with E-state index in [-0.39, 0.29) is 24.2 Å². The Morgan fingerprint density at radius 3 is 2.64 bits per heavy atom. The molecule has 6 nitrogen and oxygen atoms in total. The average molecular weight is 330 g/mol. The van der Waals surface area contributed by atoms with Crippen molar-refractivity contribution in [3.63, 3.8) is 0 Å². The first-order valence-electron chi connectivity index (χ1n) is 7.94. The number of hydrogen-bond acceptors (Lipinski definition) is 4. The summed E-state index contributed by atoms with van der Waals surface area (Å²) in [5.74, 6) is 2.09. The molecule has 0 aromatic carbocycles. The fraction of sp³-hybridized carbons (Fsp3) is 0.800. The maximum absolute atomic E-state index is 12.9. The summed E-state index contributed by atoms with van der Waals surface area (Å²) in [5, 5.41) is 7.15. The highest BCUT2D eigenvalue weighted by Gasteiger charge is 2.39. The van der Waals surface area contributed by atoms with Crippen molar-refractivity contribution in [1.82, 2.24) is 20.1 Å². The number of piperidine rings is 1. The van der Waals surface area contributed by atoms with Crippen molar-refractivity contribution >= 4 is 18.3 Å².